The zero-order valence-electron chi connectivity index (χ0n) is 14.9. The highest BCUT2D eigenvalue weighted by Crippen LogP contribution is 2.20. The van der Waals surface area contributed by atoms with Crippen LogP contribution in [0.3, 0.4) is 0 Å². The minimum absolute atomic E-state index is 0.114. The Bertz CT molecular complexity index is 513. The van der Waals surface area contributed by atoms with Gasteiger partial charge in [-0.25, -0.2) is 0 Å². The summed E-state index contributed by atoms with van der Waals surface area (Å²) >= 11 is 0. The summed E-state index contributed by atoms with van der Waals surface area (Å²) in [6.07, 6.45) is 2.74. The van der Waals surface area contributed by atoms with E-state index in [1.807, 2.05) is 32.0 Å². The molecular formula is C19H30N2O3. The van der Waals surface area contributed by atoms with Gasteiger partial charge >= 0.3 is 0 Å². The van der Waals surface area contributed by atoms with Gasteiger partial charge in [-0.3, -0.25) is 4.79 Å². The summed E-state index contributed by atoms with van der Waals surface area (Å²) in [5.74, 6) is 1.59. The predicted molar refractivity (Wildman–Crippen MR) is 95.2 cm³/mol. The van der Waals surface area contributed by atoms with Gasteiger partial charge in [0, 0.05) is 25.1 Å². The summed E-state index contributed by atoms with van der Waals surface area (Å²) in [5.41, 5.74) is 2.15. The first-order chi connectivity index (χ1) is 11.7. The van der Waals surface area contributed by atoms with E-state index in [1.54, 1.807) is 0 Å². The van der Waals surface area contributed by atoms with Crippen molar-refractivity contribution in [1.82, 2.24) is 10.6 Å². The van der Waals surface area contributed by atoms with Crippen LogP contribution in [0.1, 0.15) is 37.3 Å². The molecule has 1 amide bonds. The molecule has 0 aliphatic carbocycles. The lowest BCUT2D eigenvalue weighted by atomic mass is 10.0. The number of hydrogen-bond acceptors (Lipinski definition) is 4. The van der Waals surface area contributed by atoms with E-state index >= 15 is 0 Å². The summed E-state index contributed by atoms with van der Waals surface area (Å²) in [5, 5.41) is 6.35. The van der Waals surface area contributed by atoms with Gasteiger partial charge in [0.2, 0.25) is 5.91 Å². The highest BCUT2D eigenvalue weighted by atomic mass is 16.5. The Labute approximate surface area is 145 Å². The molecular weight excluding hydrogens is 304 g/mol. The topological polar surface area (TPSA) is 59.6 Å². The van der Waals surface area contributed by atoms with E-state index in [0.717, 1.165) is 36.4 Å². The van der Waals surface area contributed by atoms with Crippen molar-refractivity contribution in [2.75, 3.05) is 32.9 Å². The first kappa shape index (κ1) is 18.7. The SMILES string of the molecule is CCOCCOc1cc(C)ccc1CNC(=O)CCC1CCNC1. The molecule has 0 bridgehead atoms. The molecule has 0 aromatic heterocycles. The van der Waals surface area contributed by atoms with Crippen molar-refractivity contribution in [3.8, 4) is 5.75 Å². The van der Waals surface area contributed by atoms with E-state index in [-0.39, 0.29) is 5.91 Å². The third-order valence-electron chi connectivity index (χ3n) is 4.33. The van der Waals surface area contributed by atoms with Gasteiger partial charge < -0.3 is 20.1 Å². The Morgan fingerprint density at radius 1 is 1.38 bits per heavy atom. The third kappa shape index (κ3) is 6.49. The van der Waals surface area contributed by atoms with Crippen molar-refractivity contribution < 1.29 is 14.3 Å². The van der Waals surface area contributed by atoms with Crippen molar-refractivity contribution in [2.24, 2.45) is 5.92 Å². The van der Waals surface area contributed by atoms with E-state index in [4.69, 9.17) is 9.47 Å². The summed E-state index contributed by atoms with van der Waals surface area (Å²) in [4.78, 5) is 12.1. The Balaban J connectivity index is 1.78. The number of hydrogen-bond donors (Lipinski definition) is 2. The summed E-state index contributed by atoms with van der Waals surface area (Å²) in [6.45, 7) is 8.42. The Hall–Kier alpha value is -1.59. The van der Waals surface area contributed by atoms with Crippen LogP contribution in [-0.2, 0) is 16.1 Å². The zero-order valence-corrected chi connectivity index (χ0v) is 14.9. The van der Waals surface area contributed by atoms with Crippen LogP contribution in [0.4, 0.5) is 0 Å². The van der Waals surface area contributed by atoms with E-state index in [9.17, 15) is 4.79 Å². The molecule has 0 radical (unpaired) electrons. The first-order valence-corrected chi connectivity index (χ1v) is 8.96. The van der Waals surface area contributed by atoms with Crippen LogP contribution in [0.15, 0.2) is 18.2 Å². The summed E-state index contributed by atoms with van der Waals surface area (Å²) < 4.78 is 11.1. The molecule has 0 spiro atoms. The molecule has 2 N–H and O–H groups in total. The van der Waals surface area contributed by atoms with Crippen molar-refractivity contribution in [3.63, 3.8) is 0 Å². The molecule has 1 aliphatic rings. The van der Waals surface area contributed by atoms with Crippen molar-refractivity contribution in [3.05, 3.63) is 29.3 Å². The molecule has 2 rings (SSSR count). The fraction of sp³-hybridized carbons (Fsp3) is 0.632. The van der Waals surface area contributed by atoms with Crippen molar-refractivity contribution >= 4 is 5.91 Å². The minimum Gasteiger partial charge on any atom is -0.491 e. The number of benzene rings is 1. The lowest BCUT2D eigenvalue weighted by Gasteiger charge is -2.14. The normalized spacial score (nSPS) is 17.0. The number of ether oxygens (including phenoxy) is 2. The number of aryl methyl sites for hydroxylation is 1. The second-order valence-electron chi connectivity index (χ2n) is 6.33. The molecule has 134 valence electrons. The summed E-state index contributed by atoms with van der Waals surface area (Å²) in [7, 11) is 0. The van der Waals surface area contributed by atoms with Crippen LogP contribution in [0.2, 0.25) is 0 Å². The molecule has 1 aromatic carbocycles. The standard InChI is InChI=1S/C19H30N2O3/c1-3-23-10-11-24-18-12-15(2)4-6-17(18)14-21-19(22)7-5-16-8-9-20-13-16/h4,6,12,16,20H,3,5,7-11,13-14H2,1-2H3,(H,21,22). The van der Waals surface area contributed by atoms with Crippen LogP contribution < -0.4 is 15.4 Å². The van der Waals surface area contributed by atoms with Gasteiger partial charge in [0.15, 0.2) is 0 Å². The molecule has 1 atom stereocenters. The number of carbonyl (C=O) groups excluding carboxylic acids is 1. The minimum atomic E-state index is 0.114. The van der Waals surface area contributed by atoms with Crippen molar-refractivity contribution in [2.45, 2.75) is 39.7 Å². The Morgan fingerprint density at radius 3 is 3.00 bits per heavy atom. The van der Waals surface area contributed by atoms with E-state index in [2.05, 4.69) is 10.6 Å². The van der Waals surface area contributed by atoms with Crippen LogP contribution in [0.5, 0.6) is 5.75 Å². The molecule has 24 heavy (non-hydrogen) atoms. The predicted octanol–water partition coefficient (Wildman–Crippen LogP) is 2.42. The van der Waals surface area contributed by atoms with Gasteiger partial charge in [-0.15, -0.1) is 0 Å². The van der Waals surface area contributed by atoms with Gasteiger partial charge in [-0.1, -0.05) is 12.1 Å². The highest BCUT2D eigenvalue weighted by molar-refractivity contribution is 5.75. The van der Waals surface area contributed by atoms with E-state index in [0.29, 0.717) is 38.7 Å². The van der Waals surface area contributed by atoms with E-state index < -0.39 is 0 Å². The number of amides is 1. The molecule has 1 fully saturated rings. The van der Waals surface area contributed by atoms with Gasteiger partial charge in [0.05, 0.1) is 6.61 Å². The molecule has 5 heteroatoms. The van der Waals surface area contributed by atoms with Crippen LogP contribution in [0, 0.1) is 12.8 Å². The number of rotatable bonds is 10. The average Bonchev–Trinajstić information content (AvgIpc) is 3.09. The number of nitrogens with one attached hydrogen (secondary N) is 2. The van der Waals surface area contributed by atoms with Gasteiger partial charge in [-0.2, -0.15) is 0 Å². The van der Waals surface area contributed by atoms with Crippen molar-refractivity contribution in [1.29, 1.82) is 0 Å². The fourth-order valence-corrected chi connectivity index (χ4v) is 2.88. The molecule has 0 saturated carbocycles. The maximum atomic E-state index is 12.1. The molecule has 5 nitrogen and oxygen atoms in total. The van der Waals surface area contributed by atoms with Crippen LogP contribution in [0.25, 0.3) is 0 Å². The lowest BCUT2D eigenvalue weighted by molar-refractivity contribution is -0.121. The monoisotopic (exact) mass is 334 g/mol. The van der Waals surface area contributed by atoms with Gasteiger partial charge in [0.25, 0.3) is 0 Å². The number of carbonyl (C=O) groups is 1. The average molecular weight is 334 g/mol. The molecule has 1 unspecified atom stereocenters. The highest BCUT2D eigenvalue weighted by Gasteiger charge is 2.15. The Kier molecular flexibility index (Phi) is 8.05. The van der Waals surface area contributed by atoms with E-state index in [1.165, 1.54) is 6.42 Å². The second kappa shape index (κ2) is 10.3. The zero-order chi connectivity index (χ0) is 17.2. The van der Waals surface area contributed by atoms with Gasteiger partial charge in [0.1, 0.15) is 12.4 Å². The van der Waals surface area contributed by atoms with Crippen LogP contribution in [-0.4, -0.2) is 38.8 Å². The van der Waals surface area contributed by atoms with Gasteiger partial charge in [-0.05, 0) is 57.3 Å². The fourth-order valence-electron chi connectivity index (χ4n) is 2.88. The summed E-state index contributed by atoms with van der Waals surface area (Å²) in [6, 6.07) is 6.07. The van der Waals surface area contributed by atoms with Crippen LogP contribution >= 0.6 is 0 Å². The maximum absolute atomic E-state index is 12.1. The second-order valence-corrected chi connectivity index (χ2v) is 6.33. The largest absolute Gasteiger partial charge is 0.491 e. The maximum Gasteiger partial charge on any atom is 0.220 e. The lowest BCUT2D eigenvalue weighted by Crippen LogP contribution is -2.24. The first-order valence-electron chi connectivity index (χ1n) is 8.96. The third-order valence-corrected chi connectivity index (χ3v) is 4.33. The molecule has 1 aliphatic heterocycles. The smallest absolute Gasteiger partial charge is 0.220 e. The molecule has 1 aromatic rings. The quantitative estimate of drug-likeness (QED) is 0.645. The molecule has 1 heterocycles. The molecule has 1 saturated heterocycles. The Morgan fingerprint density at radius 2 is 2.25 bits per heavy atom.